The Morgan fingerprint density at radius 2 is 2.00 bits per heavy atom. The maximum absolute atomic E-state index is 11.7. The predicted octanol–water partition coefficient (Wildman–Crippen LogP) is 2.63. The molecular weight excluding hydrogens is 246 g/mol. The van der Waals surface area contributed by atoms with Gasteiger partial charge in [0.25, 0.3) is 0 Å². The van der Waals surface area contributed by atoms with E-state index in [1.807, 2.05) is 18.2 Å². The highest BCUT2D eigenvalue weighted by Gasteiger charge is 2.34. The van der Waals surface area contributed by atoms with Gasteiger partial charge in [0.1, 0.15) is 0 Å². The molecule has 1 aromatic rings. The van der Waals surface area contributed by atoms with Crippen LogP contribution in [0.1, 0.15) is 31.7 Å². The zero-order valence-corrected chi connectivity index (χ0v) is 11.8. The van der Waals surface area contributed by atoms with Crippen LogP contribution in [-0.2, 0) is 16.3 Å². The van der Waals surface area contributed by atoms with Crippen molar-refractivity contribution in [2.24, 2.45) is 0 Å². The van der Waals surface area contributed by atoms with Gasteiger partial charge in [0.2, 0.25) is 0 Å². The molecule has 0 saturated heterocycles. The zero-order valence-electron chi connectivity index (χ0n) is 11.0. The topological polar surface area (TPSA) is 46.2 Å². The number of nitrogens with one attached hydrogen (secondary N) is 1. The molecule has 18 heavy (non-hydrogen) atoms. The minimum Gasteiger partial charge on any atom is -0.381 e. The van der Waals surface area contributed by atoms with Gasteiger partial charge < -0.3 is 5.32 Å². The molecule has 1 aliphatic carbocycles. The third kappa shape index (κ3) is 2.86. The monoisotopic (exact) mass is 267 g/mol. The molecule has 1 N–H and O–H groups in total. The zero-order chi connectivity index (χ0) is 13.2. The van der Waals surface area contributed by atoms with Crippen molar-refractivity contribution in [3.63, 3.8) is 0 Å². The number of rotatable bonds is 4. The molecule has 0 heterocycles. The predicted molar refractivity (Wildman–Crippen MR) is 75.7 cm³/mol. The van der Waals surface area contributed by atoms with Crippen molar-refractivity contribution in [3.05, 3.63) is 29.8 Å². The Labute approximate surface area is 110 Å². The number of hydrogen-bond donors (Lipinski definition) is 1. The Hall–Kier alpha value is -1.03. The molecule has 2 rings (SSSR count). The Balaban J connectivity index is 2.18. The van der Waals surface area contributed by atoms with Crippen LogP contribution in [0.25, 0.3) is 0 Å². The Morgan fingerprint density at radius 3 is 2.67 bits per heavy atom. The van der Waals surface area contributed by atoms with E-state index in [0.29, 0.717) is 0 Å². The van der Waals surface area contributed by atoms with Gasteiger partial charge in [-0.05, 0) is 37.3 Å². The second-order valence-corrected chi connectivity index (χ2v) is 7.32. The molecular formula is C14H21NO2S. The highest BCUT2D eigenvalue weighted by Crippen LogP contribution is 2.29. The van der Waals surface area contributed by atoms with Crippen molar-refractivity contribution in [1.82, 2.24) is 0 Å². The molecule has 1 fully saturated rings. The summed E-state index contributed by atoms with van der Waals surface area (Å²) in [5.41, 5.74) is 2.33. The third-order valence-corrected chi connectivity index (χ3v) is 5.41. The fourth-order valence-electron chi connectivity index (χ4n) is 2.77. The summed E-state index contributed by atoms with van der Waals surface area (Å²) < 4.78 is 23.5. The number of anilines is 1. The lowest BCUT2D eigenvalue weighted by molar-refractivity contribution is 0.579. The summed E-state index contributed by atoms with van der Waals surface area (Å²) in [6, 6.07) is 8.20. The average molecular weight is 267 g/mol. The van der Waals surface area contributed by atoms with Crippen LogP contribution in [0, 0.1) is 0 Å². The lowest BCUT2D eigenvalue weighted by Crippen LogP contribution is -2.34. The van der Waals surface area contributed by atoms with Gasteiger partial charge in [-0.2, -0.15) is 0 Å². The average Bonchev–Trinajstić information content (AvgIpc) is 2.78. The summed E-state index contributed by atoms with van der Waals surface area (Å²) in [7, 11) is -2.95. The van der Waals surface area contributed by atoms with Gasteiger partial charge in [-0.25, -0.2) is 8.42 Å². The van der Waals surface area contributed by atoms with Crippen molar-refractivity contribution >= 4 is 15.5 Å². The van der Waals surface area contributed by atoms with Gasteiger partial charge in [-0.1, -0.05) is 25.1 Å². The van der Waals surface area contributed by atoms with Crippen LogP contribution in [-0.4, -0.2) is 26.0 Å². The van der Waals surface area contributed by atoms with E-state index >= 15 is 0 Å². The van der Waals surface area contributed by atoms with Crippen LogP contribution in [0.3, 0.4) is 0 Å². The largest absolute Gasteiger partial charge is 0.381 e. The van der Waals surface area contributed by atoms with Crippen molar-refractivity contribution in [2.45, 2.75) is 43.9 Å². The highest BCUT2D eigenvalue weighted by molar-refractivity contribution is 7.91. The van der Waals surface area contributed by atoms with Crippen LogP contribution in [0.15, 0.2) is 24.3 Å². The Morgan fingerprint density at radius 1 is 1.28 bits per heavy atom. The lowest BCUT2D eigenvalue weighted by Gasteiger charge is -2.22. The molecule has 3 nitrogen and oxygen atoms in total. The molecule has 100 valence electrons. The molecule has 1 aromatic carbocycles. The van der Waals surface area contributed by atoms with E-state index in [4.69, 9.17) is 0 Å². The second-order valence-electron chi connectivity index (χ2n) is 5.06. The smallest absolute Gasteiger partial charge is 0.152 e. The fraction of sp³-hybridized carbons (Fsp3) is 0.571. The first-order valence-corrected chi connectivity index (χ1v) is 8.51. The van der Waals surface area contributed by atoms with E-state index in [-0.39, 0.29) is 11.3 Å². The van der Waals surface area contributed by atoms with E-state index in [2.05, 4.69) is 18.3 Å². The minimum absolute atomic E-state index is 0.0627. The van der Waals surface area contributed by atoms with Gasteiger partial charge in [-0.3, -0.25) is 0 Å². The summed E-state index contributed by atoms with van der Waals surface area (Å²) in [6.07, 6.45) is 5.02. The SMILES string of the molecule is CCc1ccccc1NC1CCCC1S(C)(=O)=O. The number of sulfone groups is 1. The summed E-state index contributed by atoms with van der Waals surface area (Å²) in [6.45, 7) is 2.11. The van der Waals surface area contributed by atoms with Gasteiger partial charge >= 0.3 is 0 Å². The van der Waals surface area contributed by atoms with E-state index in [0.717, 1.165) is 31.4 Å². The van der Waals surface area contributed by atoms with Crippen molar-refractivity contribution in [1.29, 1.82) is 0 Å². The standard InChI is InChI=1S/C14H21NO2S/c1-3-11-7-4-5-8-12(11)15-13-9-6-10-14(13)18(2,16)17/h4-5,7-8,13-15H,3,6,9-10H2,1-2H3. The quantitative estimate of drug-likeness (QED) is 0.912. The number of para-hydroxylation sites is 1. The molecule has 4 heteroatoms. The molecule has 0 aromatic heterocycles. The van der Waals surface area contributed by atoms with Crippen molar-refractivity contribution in [3.8, 4) is 0 Å². The molecule has 1 saturated carbocycles. The summed E-state index contributed by atoms with van der Waals surface area (Å²) in [5, 5.41) is 3.20. The maximum Gasteiger partial charge on any atom is 0.152 e. The van der Waals surface area contributed by atoms with E-state index < -0.39 is 9.84 Å². The van der Waals surface area contributed by atoms with Crippen LogP contribution >= 0.6 is 0 Å². The molecule has 0 aliphatic heterocycles. The molecule has 1 aliphatic rings. The lowest BCUT2D eigenvalue weighted by atomic mass is 10.1. The maximum atomic E-state index is 11.7. The van der Waals surface area contributed by atoms with Gasteiger partial charge in [-0.15, -0.1) is 0 Å². The second kappa shape index (κ2) is 5.31. The summed E-state index contributed by atoms with van der Waals surface area (Å²) in [4.78, 5) is 0. The molecule has 2 atom stereocenters. The van der Waals surface area contributed by atoms with E-state index in [9.17, 15) is 8.42 Å². The van der Waals surface area contributed by atoms with Crippen LogP contribution in [0.4, 0.5) is 5.69 Å². The molecule has 0 radical (unpaired) electrons. The minimum atomic E-state index is -2.95. The third-order valence-electron chi connectivity index (χ3n) is 3.74. The Kier molecular flexibility index (Phi) is 3.95. The highest BCUT2D eigenvalue weighted by atomic mass is 32.2. The summed E-state index contributed by atoms with van der Waals surface area (Å²) in [5.74, 6) is 0. The van der Waals surface area contributed by atoms with Gasteiger partial charge in [0, 0.05) is 18.0 Å². The van der Waals surface area contributed by atoms with Crippen LogP contribution in [0.2, 0.25) is 0 Å². The van der Waals surface area contributed by atoms with E-state index in [1.165, 1.54) is 11.8 Å². The fourth-order valence-corrected chi connectivity index (χ4v) is 4.17. The van der Waals surface area contributed by atoms with Crippen LogP contribution < -0.4 is 5.32 Å². The van der Waals surface area contributed by atoms with Gasteiger partial charge in [0.15, 0.2) is 9.84 Å². The van der Waals surface area contributed by atoms with Gasteiger partial charge in [0.05, 0.1) is 5.25 Å². The van der Waals surface area contributed by atoms with Crippen molar-refractivity contribution in [2.75, 3.05) is 11.6 Å². The molecule has 0 spiro atoms. The van der Waals surface area contributed by atoms with Crippen LogP contribution in [0.5, 0.6) is 0 Å². The number of aryl methyl sites for hydroxylation is 1. The van der Waals surface area contributed by atoms with E-state index in [1.54, 1.807) is 0 Å². The first-order valence-electron chi connectivity index (χ1n) is 6.55. The normalized spacial score (nSPS) is 24.1. The molecule has 0 bridgehead atoms. The first kappa shape index (κ1) is 13.4. The van der Waals surface area contributed by atoms with Crippen molar-refractivity contribution < 1.29 is 8.42 Å². The molecule has 0 amide bonds. The number of benzene rings is 1. The first-order chi connectivity index (χ1) is 8.52. The number of hydrogen-bond acceptors (Lipinski definition) is 3. The Bertz CT molecular complexity index is 510. The molecule has 2 unspecified atom stereocenters. The summed E-state index contributed by atoms with van der Waals surface area (Å²) >= 11 is 0.